The quantitative estimate of drug-likeness (QED) is 0.758. The summed E-state index contributed by atoms with van der Waals surface area (Å²) >= 11 is 0. The molecule has 2 aromatic rings. The molecule has 0 atom stereocenters. The van der Waals surface area contributed by atoms with Crippen LogP contribution < -0.4 is 11.1 Å². The highest BCUT2D eigenvalue weighted by molar-refractivity contribution is 5.74. The zero-order valence-electron chi connectivity index (χ0n) is 9.78. The van der Waals surface area contributed by atoms with E-state index in [0.717, 1.165) is 28.5 Å². The second-order valence-corrected chi connectivity index (χ2v) is 3.88. The van der Waals surface area contributed by atoms with Crippen LogP contribution in [0.4, 0.5) is 17.1 Å². The summed E-state index contributed by atoms with van der Waals surface area (Å²) in [4.78, 5) is 0. The molecule has 0 spiro atoms. The van der Waals surface area contributed by atoms with Crippen LogP contribution in [0.25, 0.3) is 0 Å². The first-order valence-electron chi connectivity index (χ1n) is 5.21. The molecule has 0 bridgehead atoms. The lowest BCUT2D eigenvalue weighted by Gasteiger charge is -2.09. The van der Waals surface area contributed by atoms with Gasteiger partial charge in [0.15, 0.2) is 0 Å². The van der Waals surface area contributed by atoms with Crippen molar-refractivity contribution in [3.63, 3.8) is 0 Å². The van der Waals surface area contributed by atoms with Gasteiger partial charge >= 0.3 is 0 Å². The maximum atomic E-state index is 5.89. The minimum Gasteiger partial charge on any atom is -0.397 e. The second kappa shape index (κ2) is 3.89. The van der Waals surface area contributed by atoms with Crippen LogP contribution in [-0.2, 0) is 7.05 Å². The molecule has 0 aliphatic rings. The van der Waals surface area contributed by atoms with Crippen molar-refractivity contribution in [3.05, 3.63) is 35.7 Å². The van der Waals surface area contributed by atoms with E-state index in [1.807, 2.05) is 49.8 Å². The van der Waals surface area contributed by atoms with E-state index in [4.69, 9.17) is 5.73 Å². The highest BCUT2D eigenvalue weighted by Gasteiger charge is 2.09. The molecule has 0 saturated heterocycles. The van der Waals surface area contributed by atoms with Crippen LogP contribution in [-0.4, -0.2) is 9.78 Å². The third-order valence-corrected chi connectivity index (χ3v) is 2.73. The standard InChI is InChI=1S/C12H16N4/c1-8-12(9(2)16(3)15-8)14-11-7-5-4-6-10(11)13/h4-7,14H,13H2,1-3H3. The fourth-order valence-electron chi connectivity index (χ4n) is 1.70. The number of para-hydroxylation sites is 2. The molecule has 0 aliphatic heterocycles. The average Bonchev–Trinajstić information content (AvgIpc) is 2.48. The predicted molar refractivity (Wildman–Crippen MR) is 66.8 cm³/mol. The second-order valence-electron chi connectivity index (χ2n) is 3.88. The first-order chi connectivity index (χ1) is 7.59. The maximum Gasteiger partial charge on any atom is 0.0831 e. The monoisotopic (exact) mass is 216 g/mol. The van der Waals surface area contributed by atoms with Crippen LogP contribution in [0.3, 0.4) is 0 Å². The van der Waals surface area contributed by atoms with Crippen LogP contribution in [0.2, 0.25) is 0 Å². The van der Waals surface area contributed by atoms with E-state index in [2.05, 4.69) is 10.4 Å². The van der Waals surface area contributed by atoms with Crippen LogP contribution in [0.1, 0.15) is 11.4 Å². The third-order valence-electron chi connectivity index (χ3n) is 2.73. The van der Waals surface area contributed by atoms with Gasteiger partial charge in [0.25, 0.3) is 0 Å². The van der Waals surface area contributed by atoms with Gasteiger partial charge in [0.1, 0.15) is 0 Å². The zero-order valence-corrected chi connectivity index (χ0v) is 9.78. The first-order valence-corrected chi connectivity index (χ1v) is 5.21. The van der Waals surface area contributed by atoms with E-state index in [1.54, 1.807) is 0 Å². The fraction of sp³-hybridized carbons (Fsp3) is 0.250. The molecule has 1 aromatic heterocycles. The predicted octanol–water partition coefficient (Wildman–Crippen LogP) is 2.36. The van der Waals surface area contributed by atoms with Crippen molar-refractivity contribution in [3.8, 4) is 0 Å². The van der Waals surface area contributed by atoms with Crippen LogP contribution in [0.15, 0.2) is 24.3 Å². The van der Waals surface area contributed by atoms with Gasteiger partial charge in [0.2, 0.25) is 0 Å². The molecule has 0 fully saturated rings. The summed E-state index contributed by atoms with van der Waals surface area (Å²) in [5, 5.41) is 7.67. The van der Waals surface area contributed by atoms with Crippen molar-refractivity contribution in [2.24, 2.45) is 7.05 Å². The molecule has 2 rings (SSSR count). The number of rotatable bonds is 2. The lowest BCUT2D eigenvalue weighted by molar-refractivity contribution is 0.731. The summed E-state index contributed by atoms with van der Waals surface area (Å²) in [6, 6.07) is 7.72. The highest BCUT2D eigenvalue weighted by atomic mass is 15.3. The first kappa shape index (κ1) is 10.5. The Kier molecular flexibility index (Phi) is 2.56. The molecule has 0 aliphatic carbocycles. The van der Waals surface area contributed by atoms with Gasteiger partial charge in [-0.3, -0.25) is 4.68 Å². The van der Waals surface area contributed by atoms with Gasteiger partial charge in [-0.1, -0.05) is 12.1 Å². The summed E-state index contributed by atoms with van der Waals surface area (Å²) < 4.78 is 1.86. The van der Waals surface area contributed by atoms with Gasteiger partial charge in [-0.25, -0.2) is 0 Å². The van der Waals surface area contributed by atoms with E-state index in [0.29, 0.717) is 0 Å². The molecule has 4 heteroatoms. The van der Waals surface area contributed by atoms with E-state index >= 15 is 0 Å². The normalized spacial score (nSPS) is 10.4. The van der Waals surface area contributed by atoms with Crippen LogP contribution >= 0.6 is 0 Å². The summed E-state index contributed by atoms with van der Waals surface area (Å²) in [7, 11) is 1.93. The molecule has 0 saturated carbocycles. The zero-order chi connectivity index (χ0) is 11.7. The Bertz CT molecular complexity index is 514. The number of nitrogens with one attached hydrogen (secondary N) is 1. The van der Waals surface area contributed by atoms with Crippen molar-refractivity contribution in [1.29, 1.82) is 0 Å². The van der Waals surface area contributed by atoms with E-state index < -0.39 is 0 Å². The maximum absolute atomic E-state index is 5.89. The molecule has 3 N–H and O–H groups in total. The molecular weight excluding hydrogens is 200 g/mol. The number of nitrogens with zero attached hydrogens (tertiary/aromatic N) is 2. The SMILES string of the molecule is Cc1nn(C)c(C)c1Nc1ccccc1N. The summed E-state index contributed by atoms with van der Waals surface area (Å²) in [6.45, 7) is 4.01. The Morgan fingerprint density at radius 2 is 1.94 bits per heavy atom. The number of nitrogen functional groups attached to an aromatic ring is 1. The van der Waals surface area contributed by atoms with Crippen LogP contribution in [0, 0.1) is 13.8 Å². The molecule has 1 aromatic carbocycles. The molecule has 84 valence electrons. The number of nitrogens with two attached hydrogens (primary N) is 1. The molecular formula is C12H16N4. The summed E-state index contributed by atoms with van der Waals surface area (Å²) in [5.41, 5.74) is 10.6. The smallest absolute Gasteiger partial charge is 0.0831 e. The third kappa shape index (κ3) is 1.74. The molecule has 1 heterocycles. The number of anilines is 3. The number of benzene rings is 1. The average molecular weight is 216 g/mol. The lowest BCUT2D eigenvalue weighted by Crippen LogP contribution is -1.98. The largest absolute Gasteiger partial charge is 0.397 e. The van der Waals surface area contributed by atoms with Gasteiger partial charge < -0.3 is 11.1 Å². The van der Waals surface area contributed by atoms with E-state index in [9.17, 15) is 0 Å². The Morgan fingerprint density at radius 3 is 2.50 bits per heavy atom. The van der Waals surface area contributed by atoms with Crippen molar-refractivity contribution in [2.75, 3.05) is 11.1 Å². The van der Waals surface area contributed by atoms with Crippen molar-refractivity contribution in [2.45, 2.75) is 13.8 Å². The van der Waals surface area contributed by atoms with Gasteiger partial charge in [0, 0.05) is 7.05 Å². The van der Waals surface area contributed by atoms with E-state index in [1.165, 1.54) is 0 Å². The fourth-order valence-corrected chi connectivity index (χ4v) is 1.70. The van der Waals surface area contributed by atoms with Crippen molar-refractivity contribution >= 4 is 17.1 Å². The Balaban J connectivity index is 2.38. The van der Waals surface area contributed by atoms with Gasteiger partial charge in [-0.2, -0.15) is 5.10 Å². The minimum atomic E-state index is 0.741. The van der Waals surface area contributed by atoms with Gasteiger partial charge in [-0.15, -0.1) is 0 Å². The molecule has 0 amide bonds. The number of hydrogen-bond acceptors (Lipinski definition) is 3. The van der Waals surface area contributed by atoms with Crippen LogP contribution in [0.5, 0.6) is 0 Å². The molecule has 0 radical (unpaired) electrons. The summed E-state index contributed by atoms with van der Waals surface area (Å²) in [6.07, 6.45) is 0. The lowest BCUT2D eigenvalue weighted by atomic mass is 10.2. The Labute approximate surface area is 95.1 Å². The van der Waals surface area contributed by atoms with E-state index in [-0.39, 0.29) is 0 Å². The molecule has 0 unspecified atom stereocenters. The Morgan fingerprint density at radius 1 is 1.25 bits per heavy atom. The van der Waals surface area contributed by atoms with Gasteiger partial charge in [-0.05, 0) is 26.0 Å². The van der Waals surface area contributed by atoms with Gasteiger partial charge in [0.05, 0.1) is 28.5 Å². The number of hydrogen-bond donors (Lipinski definition) is 2. The van der Waals surface area contributed by atoms with Crippen molar-refractivity contribution in [1.82, 2.24) is 9.78 Å². The summed E-state index contributed by atoms with van der Waals surface area (Å²) in [5.74, 6) is 0. The van der Waals surface area contributed by atoms with Crippen molar-refractivity contribution < 1.29 is 0 Å². The number of aryl methyl sites for hydroxylation is 2. The highest BCUT2D eigenvalue weighted by Crippen LogP contribution is 2.26. The Hall–Kier alpha value is -1.97. The molecule has 4 nitrogen and oxygen atoms in total. The molecule has 16 heavy (non-hydrogen) atoms. The minimum absolute atomic E-state index is 0.741. The topological polar surface area (TPSA) is 55.9 Å². The number of aromatic nitrogens is 2.